The molecule has 0 aromatic carbocycles. The van der Waals surface area contributed by atoms with E-state index >= 15 is 0 Å². The molecule has 0 bridgehead atoms. The SMILES string of the molecule is C=CCC1OC2C=CC3OC4CC5OC(/C=C/CCO)C=CC[C@@H]5O[C@@H]4CP3O[C@@H]2C=C[C@@H]1OC(=O)CNC(=O)CCN1C(=O)C=CC1=O. The zero-order valence-electron chi connectivity index (χ0n) is 27.1. The van der Waals surface area contributed by atoms with Gasteiger partial charge >= 0.3 is 5.97 Å². The molecular weight excluding hydrogens is 655 g/mol. The molecule has 6 aliphatic rings. The molecule has 264 valence electrons. The van der Waals surface area contributed by atoms with Crippen LogP contribution >= 0.6 is 8.15 Å². The van der Waals surface area contributed by atoms with Gasteiger partial charge in [-0.15, -0.1) is 6.58 Å². The second-order valence-corrected chi connectivity index (χ2v) is 14.4. The number of imide groups is 1. The maximum absolute atomic E-state index is 12.8. The number of nitrogens with one attached hydrogen (secondary N) is 1. The van der Waals surface area contributed by atoms with Gasteiger partial charge < -0.3 is 38.6 Å². The fourth-order valence-corrected chi connectivity index (χ4v) is 8.75. The van der Waals surface area contributed by atoms with E-state index in [1.807, 2.05) is 36.5 Å². The molecule has 6 rings (SSSR count). The van der Waals surface area contributed by atoms with Crippen LogP contribution in [0.1, 0.15) is 32.1 Å². The summed E-state index contributed by atoms with van der Waals surface area (Å²) >= 11 is 0. The molecule has 0 aliphatic carbocycles. The third kappa shape index (κ3) is 8.90. The molecule has 0 saturated carbocycles. The number of carbonyl (C=O) groups excluding carboxylic acids is 4. The average molecular weight is 699 g/mol. The largest absolute Gasteiger partial charge is 0.454 e. The lowest BCUT2D eigenvalue weighted by Gasteiger charge is -2.47. The van der Waals surface area contributed by atoms with Crippen molar-refractivity contribution in [3.63, 3.8) is 0 Å². The van der Waals surface area contributed by atoms with Gasteiger partial charge in [0, 0.05) is 44.3 Å². The number of aliphatic hydroxyl groups excluding tert-OH is 1. The second kappa shape index (κ2) is 16.6. The maximum atomic E-state index is 12.8. The van der Waals surface area contributed by atoms with Crippen LogP contribution in [0.3, 0.4) is 0 Å². The highest BCUT2D eigenvalue weighted by molar-refractivity contribution is 7.53. The molecule has 0 radical (unpaired) electrons. The summed E-state index contributed by atoms with van der Waals surface area (Å²) in [7, 11) is -1.09. The normalized spacial score (nSPS) is 36.6. The Bertz CT molecular complexity index is 1390. The molecule has 2 fully saturated rings. The molecule has 6 heterocycles. The summed E-state index contributed by atoms with van der Waals surface area (Å²) in [4.78, 5) is 49.4. The molecule has 3 amide bonds. The molecule has 6 aliphatic heterocycles. The van der Waals surface area contributed by atoms with E-state index in [-0.39, 0.29) is 62.5 Å². The van der Waals surface area contributed by atoms with Gasteiger partial charge in [0.2, 0.25) is 5.91 Å². The molecule has 0 aromatic heterocycles. The van der Waals surface area contributed by atoms with E-state index in [1.165, 1.54) is 0 Å². The van der Waals surface area contributed by atoms with Crippen molar-refractivity contribution >= 4 is 31.8 Å². The van der Waals surface area contributed by atoms with Crippen LogP contribution in [0, 0.1) is 0 Å². The number of carbonyl (C=O) groups is 4. The number of esters is 1. The number of rotatable bonds is 11. The molecule has 7 unspecified atom stereocenters. The van der Waals surface area contributed by atoms with Crippen molar-refractivity contribution in [2.45, 2.75) is 92.9 Å². The predicted molar refractivity (Wildman–Crippen MR) is 177 cm³/mol. The van der Waals surface area contributed by atoms with Crippen LogP contribution in [0.2, 0.25) is 0 Å². The van der Waals surface area contributed by atoms with Crippen LogP contribution in [0.4, 0.5) is 0 Å². The number of amides is 3. The number of hydrogen-bond donors (Lipinski definition) is 2. The Morgan fingerprint density at radius 1 is 1.00 bits per heavy atom. The summed E-state index contributed by atoms with van der Waals surface area (Å²) in [6.45, 7) is 3.47. The van der Waals surface area contributed by atoms with Gasteiger partial charge in [-0.25, -0.2) is 0 Å². The van der Waals surface area contributed by atoms with Gasteiger partial charge in [-0.05, 0) is 25.3 Å². The summed E-state index contributed by atoms with van der Waals surface area (Å²) in [5, 5.41) is 11.6. The van der Waals surface area contributed by atoms with Crippen LogP contribution in [-0.4, -0.2) is 120 Å². The van der Waals surface area contributed by atoms with Crippen LogP contribution in [0.25, 0.3) is 0 Å². The second-order valence-electron chi connectivity index (χ2n) is 12.5. The van der Waals surface area contributed by atoms with E-state index in [9.17, 15) is 19.2 Å². The molecular formula is C35H43N2O11P. The topological polar surface area (TPSA) is 159 Å². The Morgan fingerprint density at radius 2 is 1.80 bits per heavy atom. The molecule has 0 aromatic rings. The standard InChI is InChI=1S/C35H43N2O11P/c1-2-6-23-25(46-34(42)20-36-31(39)16-17-37-32(40)13-14-33(37)41)10-11-27-26(44-23)12-15-35-47-29-19-28-24(45-30(29)21-49(35)48-27)9-5-8-22(43-28)7-3-4-18-38/h2-3,5,7-8,10-15,22-30,35,38H,1,4,6,9,16-21H2,(H,36,39)/b7-3+/t22?,23?,24-,25-,26?,27+,28?,29?,30+,35?,49?/m0/s1. The molecule has 49 heavy (non-hydrogen) atoms. The summed E-state index contributed by atoms with van der Waals surface area (Å²) in [6.07, 6.45) is 19.7. The molecule has 13 nitrogen and oxygen atoms in total. The van der Waals surface area contributed by atoms with Crippen molar-refractivity contribution in [2.75, 3.05) is 25.9 Å². The summed E-state index contributed by atoms with van der Waals surface area (Å²) in [5.41, 5.74) is 0. The van der Waals surface area contributed by atoms with E-state index in [2.05, 4.69) is 18.0 Å². The smallest absolute Gasteiger partial charge is 0.326 e. The highest BCUT2D eigenvalue weighted by Gasteiger charge is 2.48. The first-order chi connectivity index (χ1) is 23.8. The first kappa shape index (κ1) is 35.5. The van der Waals surface area contributed by atoms with E-state index in [4.69, 9.17) is 33.3 Å². The third-order valence-corrected chi connectivity index (χ3v) is 11.1. The first-order valence-electron chi connectivity index (χ1n) is 16.8. The van der Waals surface area contributed by atoms with Crippen molar-refractivity contribution in [3.05, 3.63) is 73.4 Å². The predicted octanol–water partition coefficient (Wildman–Crippen LogP) is 2.12. The number of ether oxygens (including phenoxy) is 5. The Balaban J connectivity index is 1.03. The highest BCUT2D eigenvalue weighted by atomic mass is 31.1. The number of hydrogen-bond acceptors (Lipinski definition) is 11. The zero-order chi connectivity index (χ0) is 34.3. The Hall–Kier alpha value is -3.29. The van der Waals surface area contributed by atoms with Crippen LogP contribution in [-0.2, 0) is 47.4 Å². The lowest BCUT2D eigenvalue weighted by molar-refractivity contribution is -0.196. The van der Waals surface area contributed by atoms with E-state index in [0.29, 0.717) is 25.4 Å². The molecule has 2 N–H and O–H groups in total. The van der Waals surface area contributed by atoms with Crippen LogP contribution in [0.15, 0.2) is 73.4 Å². The average Bonchev–Trinajstić information content (AvgIpc) is 3.23. The van der Waals surface area contributed by atoms with Gasteiger partial charge in [0.25, 0.3) is 11.8 Å². The Morgan fingerprint density at radius 3 is 2.59 bits per heavy atom. The van der Waals surface area contributed by atoms with Gasteiger partial charge in [-0.1, -0.05) is 48.6 Å². The van der Waals surface area contributed by atoms with Crippen molar-refractivity contribution in [3.8, 4) is 0 Å². The van der Waals surface area contributed by atoms with Gasteiger partial charge in [0.1, 0.15) is 36.8 Å². The van der Waals surface area contributed by atoms with Gasteiger partial charge in [-0.2, -0.15) is 0 Å². The van der Waals surface area contributed by atoms with Crippen molar-refractivity contribution < 1.29 is 52.5 Å². The minimum absolute atomic E-state index is 0.0811. The zero-order valence-corrected chi connectivity index (χ0v) is 28.0. The lowest BCUT2D eigenvalue weighted by Crippen LogP contribution is -2.53. The Labute approximate surface area is 286 Å². The lowest BCUT2D eigenvalue weighted by atomic mass is 9.96. The van der Waals surface area contributed by atoms with Crippen LogP contribution in [0.5, 0.6) is 0 Å². The summed E-state index contributed by atoms with van der Waals surface area (Å²) in [5.74, 6) is -2.34. The maximum Gasteiger partial charge on any atom is 0.326 e. The minimum Gasteiger partial charge on any atom is -0.454 e. The molecule has 11 atom stereocenters. The molecule has 2 saturated heterocycles. The fraction of sp³-hybridized carbons (Fsp3) is 0.543. The van der Waals surface area contributed by atoms with Crippen molar-refractivity contribution in [2.24, 2.45) is 0 Å². The minimum atomic E-state index is -1.09. The van der Waals surface area contributed by atoms with Gasteiger partial charge in [0.05, 0.1) is 38.7 Å². The number of nitrogens with zero attached hydrogens (tertiary/aromatic N) is 1. The Kier molecular flexibility index (Phi) is 12.0. The van der Waals surface area contributed by atoms with Crippen molar-refractivity contribution in [1.29, 1.82) is 0 Å². The first-order valence-corrected chi connectivity index (χ1v) is 18.3. The van der Waals surface area contributed by atoms with E-state index in [0.717, 1.165) is 23.5 Å². The van der Waals surface area contributed by atoms with E-state index < -0.39 is 56.3 Å². The molecule has 14 heteroatoms. The fourth-order valence-electron chi connectivity index (χ4n) is 6.57. The van der Waals surface area contributed by atoms with E-state index in [1.54, 1.807) is 12.2 Å². The summed E-state index contributed by atoms with van der Waals surface area (Å²) < 4.78 is 38.3. The van der Waals surface area contributed by atoms with Gasteiger partial charge in [-0.3, -0.25) is 24.1 Å². The van der Waals surface area contributed by atoms with Crippen molar-refractivity contribution in [1.82, 2.24) is 10.2 Å². The molecule has 0 spiro atoms. The monoisotopic (exact) mass is 698 g/mol. The number of aliphatic hydroxyl groups is 1. The third-order valence-electron chi connectivity index (χ3n) is 9.04. The summed E-state index contributed by atoms with van der Waals surface area (Å²) in [6, 6.07) is 0. The quantitative estimate of drug-likeness (QED) is 0.141. The van der Waals surface area contributed by atoms with Crippen LogP contribution < -0.4 is 5.32 Å². The highest BCUT2D eigenvalue weighted by Crippen LogP contribution is 2.54. The number of fused-ring (bicyclic) bond motifs is 4. The van der Waals surface area contributed by atoms with Gasteiger partial charge in [0.15, 0.2) is 0 Å².